The summed E-state index contributed by atoms with van der Waals surface area (Å²) < 4.78 is 10.3. The molecule has 26 heavy (non-hydrogen) atoms. The number of hydrogen-bond donors (Lipinski definition) is 2. The smallest absolute Gasteiger partial charge is 0.305 e. The molecule has 2 N–H and O–H groups in total. The van der Waals surface area contributed by atoms with Crippen LogP contribution >= 0.6 is 24.0 Å². The average Bonchev–Trinajstić information content (AvgIpc) is 2.61. The molecule has 0 saturated carbocycles. The third-order valence-electron chi connectivity index (χ3n) is 3.77. The lowest BCUT2D eigenvalue weighted by Crippen LogP contribution is -2.37. The maximum absolute atomic E-state index is 11.0. The van der Waals surface area contributed by atoms with Crippen LogP contribution in [0.3, 0.4) is 0 Å². The van der Waals surface area contributed by atoms with Gasteiger partial charge in [-0.1, -0.05) is 18.6 Å². The van der Waals surface area contributed by atoms with Crippen molar-refractivity contribution in [2.45, 2.75) is 46.1 Å². The molecule has 0 saturated heterocycles. The molecule has 148 valence electrons. The number of carbonyl (C=O) groups is 1. The molecule has 0 fully saturated rings. The molecule has 1 rings (SSSR count). The number of carbonyl (C=O) groups excluding carboxylic acids is 1. The predicted molar refractivity (Wildman–Crippen MR) is 116 cm³/mol. The van der Waals surface area contributed by atoms with Crippen molar-refractivity contribution in [1.29, 1.82) is 0 Å². The second kappa shape index (κ2) is 14.6. The maximum Gasteiger partial charge on any atom is 0.305 e. The number of nitrogens with zero attached hydrogens (tertiary/aromatic N) is 1. The number of nitrogens with one attached hydrogen (secondary N) is 2. The SMILES string of the molecule is CCOc1cc(C)ccc1CNC(=NC)NCCCCCC(=O)OC.I. The summed E-state index contributed by atoms with van der Waals surface area (Å²) in [6.45, 7) is 6.15. The Morgan fingerprint density at radius 3 is 2.62 bits per heavy atom. The summed E-state index contributed by atoms with van der Waals surface area (Å²) in [6.07, 6.45) is 3.29. The molecule has 0 spiro atoms. The molecular weight excluding hydrogens is 445 g/mol. The molecule has 1 aromatic carbocycles. The van der Waals surface area contributed by atoms with Crippen molar-refractivity contribution < 1.29 is 14.3 Å². The van der Waals surface area contributed by atoms with Gasteiger partial charge in [-0.05, 0) is 38.3 Å². The van der Waals surface area contributed by atoms with Crippen molar-refractivity contribution in [3.05, 3.63) is 29.3 Å². The highest BCUT2D eigenvalue weighted by atomic mass is 127. The van der Waals surface area contributed by atoms with Crippen molar-refractivity contribution in [2.24, 2.45) is 4.99 Å². The number of aryl methyl sites for hydroxylation is 1. The number of halogens is 1. The van der Waals surface area contributed by atoms with E-state index in [-0.39, 0.29) is 29.9 Å². The zero-order valence-corrected chi connectivity index (χ0v) is 18.6. The molecule has 6 nitrogen and oxygen atoms in total. The molecule has 0 atom stereocenters. The maximum atomic E-state index is 11.0. The summed E-state index contributed by atoms with van der Waals surface area (Å²) in [7, 11) is 3.18. The van der Waals surface area contributed by atoms with Gasteiger partial charge in [-0.2, -0.15) is 0 Å². The normalized spacial score (nSPS) is 10.7. The van der Waals surface area contributed by atoms with E-state index in [9.17, 15) is 4.79 Å². The second-order valence-electron chi connectivity index (χ2n) is 5.78. The highest BCUT2D eigenvalue weighted by Gasteiger charge is 2.05. The van der Waals surface area contributed by atoms with Gasteiger partial charge in [0.05, 0.1) is 13.7 Å². The number of guanidine groups is 1. The summed E-state index contributed by atoms with van der Waals surface area (Å²) in [5.74, 6) is 1.53. The fourth-order valence-electron chi connectivity index (χ4n) is 2.38. The molecule has 0 unspecified atom stereocenters. The Labute approximate surface area is 174 Å². The van der Waals surface area contributed by atoms with Crippen LogP contribution in [0.25, 0.3) is 0 Å². The average molecular weight is 477 g/mol. The van der Waals surface area contributed by atoms with Crippen molar-refractivity contribution >= 4 is 35.9 Å². The summed E-state index contributed by atoms with van der Waals surface area (Å²) in [6, 6.07) is 6.21. The topological polar surface area (TPSA) is 72.0 Å². The summed E-state index contributed by atoms with van der Waals surface area (Å²) >= 11 is 0. The molecule has 0 aliphatic heterocycles. The Morgan fingerprint density at radius 1 is 1.19 bits per heavy atom. The minimum absolute atomic E-state index is 0. The molecule has 0 radical (unpaired) electrons. The Bertz CT molecular complexity index is 565. The zero-order chi connectivity index (χ0) is 18.5. The van der Waals surface area contributed by atoms with Crippen molar-refractivity contribution in [2.75, 3.05) is 27.3 Å². The fraction of sp³-hybridized carbons (Fsp3) is 0.579. The number of rotatable bonds is 10. The molecule has 1 aromatic rings. The van der Waals surface area contributed by atoms with Crippen LogP contribution in [-0.4, -0.2) is 39.2 Å². The van der Waals surface area contributed by atoms with Gasteiger partial charge in [0.15, 0.2) is 5.96 Å². The Morgan fingerprint density at radius 2 is 1.96 bits per heavy atom. The summed E-state index contributed by atoms with van der Waals surface area (Å²) in [5.41, 5.74) is 2.29. The van der Waals surface area contributed by atoms with Crippen molar-refractivity contribution in [3.8, 4) is 5.75 Å². The van der Waals surface area contributed by atoms with Crippen LogP contribution in [0.1, 0.15) is 43.7 Å². The summed E-state index contributed by atoms with van der Waals surface area (Å²) in [5, 5.41) is 6.59. The number of esters is 1. The van der Waals surface area contributed by atoms with Gasteiger partial charge in [0.2, 0.25) is 0 Å². The number of aliphatic imine (C=N–C) groups is 1. The Hall–Kier alpha value is -1.51. The van der Waals surface area contributed by atoms with E-state index >= 15 is 0 Å². The molecular formula is C19H32IN3O3. The first-order valence-corrected chi connectivity index (χ1v) is 8.84. The third-order valence-corrected chi connectivity index (χ3v) is 3.77. The largest absolute Gasteiger partial charge is 0.494 e. The zero-order valence-electron chi connectivity index (χ0n) is 16.3. The van der Waals surface area contributed by atoms with E-state index in [1.54, 1.807) is 7.05 Å². The lowest BCUT2D eigenvalue weighted by Gasteiger charge is -2.15. The van der Waals surface area contributed by atoms with E-state index in [4.69, 9.17) is 4.74 Å². The highest BCUT2D eigenvalue weighted by Crippen LogP contribution is 2.20. The van der Waals surface area contributed by atoms with Crippen LogP contribution in [0.15, 0.2) is 23.2 Å². The second-order valence-corrected chi connectivity index (χ2v) is 5.78. The standard InChI is InChI=1S/C19H31N3O3.HI/c1-5-25-17-13-15(2)10-11-16(17)14-22-19(20-3)21-12-8-6-7-9-18(23)24-4;/h10-11,13H,5-9,12,14H2,1-4H3,(H2,20,21,22);1H. The van der Waals surface area contributed by atoms with Crippen molar-refractivity contribution in [3.63, 3.8) is 0 Å². The summed E-state index contributed by atoms with van der Waals surface area (Å²) in [4.78, 5) is 15.3. The molecule has 7 heteroatoms. The highest BCUT2D eigenvalue weighted by molar-refractivity contribution is 14.0. The fourth-order valence-corrected chi connectivity index (χ4v) is 2.38. The Kier molecular flexibility index (Phi) is 13.8. The molecule has 0 aliphatic rings. The number of benzene rings is 1. The van der Waals surface area contributed by atoms with Gasteiger partial charge in [-0.25, -0.2) is 0 Å². The van der Waals surface area contributed by atoms with Gasteiger partial charge in [0.1, 0.15) is 5.75 Å². The van der Waals surface area contributed by atoms with Gasteiger partial charge < -0.3 is 20.1 Å². The van der Waals surface area contributed by atoms with Gasteiger partial charge in [-0.3, -0.25) is 9.79 Å². The Balaban J connectivity index is 0.00000625. The number of unbranched alkanes of at least 4 members (excludes halogenated alkanes) is 2. The van der Waals surface area contributed by atoms with Gasteiger partial charge >= 0.3 is 5.97 Å². The van der Waals surface area contributed by atoms with Crippen LogP contribution in [0.2, 0.25) is 0 Å². The van der Waals surface area contributed by atoms with Crippen molar-refractivity contribution in [1.82, 2.24) is 10.6 Å². The van der Waals surface area contributed by atoms with Gasteiger partial charge in [0, 0.05) is 32.1 Å². The first-order chi connectivity index (χ1) is 12.1. The van der Waals surface area contributed by atoms with Gasteiger partial charge in [-0.15, -0.1) is 24.0 Å². The molecule has 0 bridgehead atoms. The minimum Gasteiger partial charge on any atom is -0.494 e. The van der Waals surface area contributed by atoms with Crippen LogP contribution in [0.5, 0.6) is 5.75 Å². The van der Waals surface area contributed by atoms with E-state index in [0.29, 0.717) is 19.6 Å². The van der Waals surface area contributed by atoms with Crippen LogP contribution < -0.4 is 15.4 Å². The number of hydrogen-bond acceptors (Lipinski definition) is 4. The van der Waals surface area contributed by atoms with E-state index in [2.05, 4.69) is 45.5 Å². The lowest BCUT2D eigenvalue weighted by atomic mass is 10.1. The van der Waals surface area contributed by atoms with E-state index < -0.39 is 0 Å². The van der Waals surface area contributed by atoms with E-state index in [1.165, 1.54) is 12.7 Å². The first kappa shape index (κ1) is 24.5. The number of ether oxygens (including phenoxy) is 2. The van der Waals surface area contributed by atoms with E-state index in [1.807, 2.05) is 6.92 Å². The van der Waals surface area contributed by atoms with Crippen LogP contribution in [0, 0.1) is 6.92 Å². The molecule has 0 heterocycles. The van der Waals surface area contributed by atoms with Gasteiger partial charge in [0.25, 0.3) is 0 Å². The molecule has 0 aromatic heterocycles. The minimum atomic E-state index is -0.145. The van der Waals surface area contributed by atoms with Crippen LogP contribution in [0.4, 0.5) is 0 Å². The quantitative estimate of drug-likeness (QED) is 0.178. The lowest BCUT2D eigenvalue weighted by molar-refractivity contribution is -0.140. The number of methoxy groups -OCH3 is 1. The molecule has 0 amide bonds. The predicted octanol–water partition coefficient (Wildman–Crippen LogP) is 3.41. The third kappa shape index (κ3) is 9.84. The first-order valence-electron chi connectivity index (χ1n) is 8.84. The van der Waals surface area contributed by atoms with Crippen LogP contribution in [-0.2, 0) is 16.1 Å². The van der Waals surface area contributed by atoms with E-state index in [0.717, 1.165) is 43.1 Å². The monoisotopic (exact) mass is 477 g/mol. The molecule has 0 aliphatic carbocycles.